The van der Waals surface area contributed by atoms with Gasteiger partial charge in [-0.3, -0.25) is 4.79 Å². The van der Waals surface area contributed by atoms with Crippen LogP contribution in [0.4, 0.5) is 4.79 Å². The van der Waals surface area contributed by atoms with E-state index in [-0.39, 0.29) is 29.3 Å². The second kappa shape index (κ2) is 25.8. The predicted octanol–water partition coefficient (Wildman–Crippen LogP) is 8.66. The first-order chi connectivity index (χ1) is 23.8. The van der Waals surface area contributed by atoms with Crippen molar-refractivity contribution >= 4 is 29.4 Å². The molecule has 0 radical (unpaired) electrons. The summed E-state index contributed by atoms with van der Waals surface area (Å²) in [5.41, 5.74) is 17.5. The zero-order chi connectivity index (χ0) is 37.7. The zero-order valence-corrected chi connectivity index (χ0v) is 34.5. The van der Waals surface area contributed by atoms with Crippen molar-refractivity contribution in [1.82, 2.24) is 10.6 Å². The van der Waals surface area contributed by atoms with Crippen LogP contribution in [0.3, 0.4) is 0 Å². The topological polar surface area (TPSA) is 153 Å². The van der Waals surface area contributed by atoms with Crippen LogP contribution in [0, 0.1) is 23.2 Å². The molecule has 294 valence electrons. The molecule has 6 unspecified atom stereocenters. The number of carbonyl (C=O) groups is 3. The van der Waals surface area contributed by atoms with Gasteiger partial charge in [-0.25, -0.2) is 4.79 Å². The van der Waals surface area contributed by atoms with Crippen molar-refractivity contribution in [2.24, 2.45) is 40.4 Å². The molecule has 6 rings (SSSR count). The molecule has 0 aromatic carbocycles. The largest absolute Gasteiger partial charge is 0.332 e. The number of carbonyl (C=O) groups excluding carboxylic acids is 3. The summed E-state index contributed by atoms with van der Waals surface area (Å²) in [6, 6.07) is 1.43. The summed E-state index contributed by atoms with van der Waals surface area (Å²) in [7, 11) is 0. The maximum absolute atomic E-state index is 11.7. The maximum atomic E-state index is 11.7. The van der Waals surface area contributed by atoms with Gasteiger partial charge < -0.3 is 32.6 Å². The van der Waals surface area contributed by atoms with Crippen LogP contribution in [0.25, 0.3) is 0 Å². The fourth-order valence-electron chi connectivity index (χ4n) is 8.74. The molecular weight excluding hydrogens is 643 g/mol. The normalized spacial score (nSPS) is 29.9. The number of hydrogen-bond donors (Lipinski definition) is 5. The first-order valence-electron chi connectivity index (χ1n) is 20.8. The molecule has 2 heterocycles. The molecule has 2 saturated heterocycles. The molecule has 6 aliphatic rings. The Bertz CT molecular complexity index is 900. The highest BCUT2D eigenvalue weighted by atomic mass is 32.2. The zero-order valence-electron chi connectivity index (χ0n) is 33.7. The van der Waals surface area contributed by atoms with Gasteiger partial charge in [-0.05, 0) is 109 Å². The Kier molecular flexibility index (Phi) is 24.1. The van der Waals surface area contributed by atoms with Gasteiger partial charge in [0.25, 0.3) is 0 Å². The van der Waals surface area contributed by atoms with E-state index in [1.54, 1.807) is 6.92 Å². The van der Waals surface area contributed by atoms with Crippen LogP contribution >= 0.6 is 11.8 Å². The van der Waals surface area contributed by atoms with E-state index in [1.165, 1.54) is 83.5 Å². The SMILES string of the molecule is CC.CC(=O)C12CC3CC(CC(C3)C1)C2.CC(=O)CCCCC1SCC2NC(=O)NC21.CCCCC(C)N.CCCCC(N)C(N)CCCC. The Morgan fingerprint density at radius 3 is 1.66 bits per heavy atom. The highest BCUT2D eigenvalue weighted by Crippen LogP contribution is 2.60. The number of amides is 2. The van der Waals surface area contributed by atoms with Crippen LogP contribution < -0.4 is 27.8 Å². The van der Waals surface area contributed by atoms with Crippen molar-refractivity contribution in [3.63, 3.8) is 0 Å². The molecule has 8 nitrogen and oxygen atoms in total. The molecule has 0 aromatic rings. The van der Waals surface area contributed by atoms with E-state index in [2.05, 4.69) is 38.3 Å². The number of rotatable bonds is 16. The molecule has 4 bridgehead atoms. The van der Waals surface area contributed by atoms with Crippen molar-refractivity contribution in [2.45, 2.75) is 213 Å². The number of hydrogen-bond acceptors (Lipinski definition) is 7. The number of Topliss-reactive ketones (excluding diaryl/α,β-unsaturated/α-hetero) is 2. The maximum Gasteiger partial charge on any atom is 0.315 e. The lowest BCUT2D eigenvalue weighted by Crippen LogP contribution is -2.49. The van der Waals surface area contributed by atoms with Gasteiger partial charge in [0.15, 0.2) is 0 Å². The third kappa shape index (κ3) is 17.1. The Labute approximate surface area is 312 Å². The minimum absolute atomic E-state index is 0.0240. The number of urea groups is 1. The quantitative estimate of drug-likeness (QED) is 0.0789. The van der Waals surface area contributed by atoms with E-state index in [9.17, 15) is 14.4 Å². The molecular formula is C41H81N5O3S. The lowest BCUT2D eigenvalue weighted by atomic mass is 9.48. The molecule has 9 heteroatoms. The fraction of sp³-hybridized carbons (Fsp3) is 0.927. The van der Waals surface area contributed by atoms with Crippen LogP contribution in [-0.4, -0.2) is 58.8 Å². The molecule has 50 heavy (non-hydrogen) atoms. The van der Waals surface area contributed by atoms with Gasteiger partial charge in [0.1, 0.15) is 11.6 Å². The van der Waals surface area contributed by atoms with Gasteiger partial charge in [-0.1, -0.05) is 79.6 Å². The van der Waals surface area contributed by atoms with E-state index >= 15 is 0 Å². The van der Waals surface area contributed by atoms with E-state index in [0.717, 1.165) is 55.6 Å². The van der Waals surface area contributed by atoms with Crippen LogP contribution in [0.15, 0.2) is 0 Å². The average Bonchev–Trinajstić information content (AvgIpc) is 3.63. The minimum Gasteiger partial charge on any atom is -0.332 e. The Morgan fingerprint density at radius 1 is 0.780 bits per heavy atom. The van der Waals surface area contributed by atoms with Crippen LogP contribution in [-0.2, 0) is 9.59 Å². The third-order valence-electron chi connectivity index (χ3n) is 11.3. The molecule has 0 aromatic heterocycles. The van der Waals surface area contributed by atoms with Crippen molar-refractivity contribution < 1.29 is 14.4 Å². The summed E-state index contributed by atoms with van der Waals surface area (Å²) in [5, 5.41) is 6.43. The van der Waals surface area contributed by atoms with Crippen molar-refractivity contribution in [2.75, 3.05) is 5.75 Å². The van der Waals surface area contributed by atoms with Crippen molar-refractivity contribution in [3.05, 3.63) is 0 Å². The van der Waals surface area contributed by atoms with E-state index in [1.807, 2.05) is 32.5 Å². The van der Waals surface area contributed by atoms with Gasteiger partial charge >= 0.3 is 6.03 Å². The standard InChI is InChI=1S/C12H18O.C11H18N2O2S.C10H24N2.C6H15N.C2H6/c1-8(13)12-5-9-2-10(6-12)4-11(3-9)7-12;1-7(14)4-2-3-5-9-10-8(6-16-9)12-11(15)13-10;1-3-5-7-9(11)10(12)8-6-4-2;1-3-4-5-6(2)7;1-2/h9-11H,2-7H2,1H3;8-10H,2-6H2,1H3,(H2,12,13,15);9-10H,3-8,11-12H2,1-2H3;6H,3-5,7H2,1-2H3;1-2H3. The first kappa shape index (κ1) is 46.9. The molecule has 6 atom stereocenters. The number of fused-ring (bicyclic) bond motifs is 1. The molecule has 0 spiro atoms. The number of unbranched alkanes of at least 4 members (excludes halogenated alkanes) is 4. The number of thioether (sulfide) groups is 1. The summed E-state index contributed by atoms with van der Waals surface area (Å²) in [6.07, 6.45) is 22.6. The summed E-state index contributed by atoms with van der Waals surface area (Å²) in [6.45, 7) is 16.1. The Balaban J connectivity index is 0.000000339. The van der Waals surface area contributed by atoms with Crippen molar-refractivity contribution in [1.29, 1.82) is 0 Å². The predicted molar refractivity (Wildman–Crippen MR) is 215 cm³/mol. The van der Waals surface area contributed by atoms with Gasteiger partial charge in [0.05, 0.1) is 12.1 Å². The smallest absolute Gasteiger partial charge is 0.315 e. The highest BCUT2D eigenvalue weighted by molar-refractivity contribution is 8.00. The molecule has 8 N–H and O–H groups in total. The monoisotopic (exact) mass is 724 g/mol. The lowest BCUT2D eigenvalue weighted by Gasteiger charge is -2.55. The molecule has 4 saturated carbocycles. The highest BCUT2D eigenvalue weighted by Gasteiger charge is 2.53. The van der Waals surface area contributed by atoms with Gasteiger partial charge in [-0.15, -0.1) is 0 Å². The summed E-state index contributed by atoms with van der Waals surface area (Å²) in [4.78, 5) is 33.6. The number of ketones is 2. The molecule has 4 aliphatic carbocycles. The number of nitrogens with one attached hydrogen (secondary N) is 2. The average molecular weight is 724 g/mol. The molecule has 2 amide bonds. The van der Waals surface area contributed by atoms with E-state index in [0.29, 0.717) is 35.6 Å². The lowest BCUT2D eigenvalue weighted by molar-refractivity contribution is -0.141. The van der Waals surface area contributed by atoms with Gasteiger partial charge in [0.2, 0.25) is 0 Å². The summed E-state index contributed by atoms with van der Waals surface area (Å²) in [5.74, 6) is 4.51. The van der Waals surface area contributed by atoms with Crippen LogP contribution in [0.1, 0.15) is 177 Å². The van der Waals surface area contributed by atoms with Crippen LogP contribution in [0.5, 0.6) is 0 Å². The van der Waals surface area contributed by atoms with E-state index in [4.69, 9.17) is 17.2 Å². The second-order valence-corrected chi connectivity index (χ2v) is 17.3. The first-order valence-corrected chi connectivity index (χ1v) is 21.8. The second-order valence-electron chi connectivity index (χ2n) is 16.1. The van der Waals surface area contributed by atoms with E-state index < -0.39 is 0 Å². The Morgan fingerprint density at radius 2 is 1.26 bits per heavy atom. The molecule has 2 aliphatic heterocycles. The third-order valence-corrected chi connectivity index (χ3v) is 12.8. The Hall–Kier alpha value is -1.16. The van der Waals surface area contributed by atoms with Crippen molar-refractivity contribution in [3.8, 4) is 0 Å². The van der Waals surface area contributed by atoms with Crippen LogP contribution in [0.2, 0.25) is 0 Å². The molecule has 6 fully saturated rings. The summed E-state index contributed by atoms with van der Waals surface area (Å²) >= 11 is 1.93. The van der Waals surface area contributed by atoms with Gasteiger partial charge in [0, 0.05) is 41.0 Å². The van der Waals surface area contributed by atoms with Gasteiger partial charge in [-0.2, -0.15) is 11.8 Å². The fourth-order valence-corrected chi connectivity index (χ4v) is 10.3. The summed E-state index contributed by atoms with van der Waals surface area (Å²) < 4.78 is 0. The minimum atomic E-state index is -0.0240. The number of nitrogens with two attached hydrogens (primary N) is 3.